The summed E-state index contributed by atoms with van der Waals surface area (Å²) in [5.74, 6) is 1.00. The van der Waals surface area contributed by atoms with Gasteiger partial charge in [-0.25, -0.2) is 4.98 Å². The van der Waals surface area contributed by atoms with Crippen molar-refractivity contribution in [3.8, 4) is 22.1 Å². The number of para-hydroxylation sites is 1. The van der Waals surface area contributed by atoms with Gasteiger partial charge < -0.3 is 14.8 Å². The van der Waals surface area contributed by atoms with Gasteiger partial charge in [-0.2, -0.15) is 0 Å². The zero-order chi connectivity index (χ0) is 20.9. The SMILES string of the molecule is COc1cccc(-c2nc(C(=O)N[C@@H](c3ccccc3)c3cccs3)cs2)c1OC. The number of ether oxygens (including phenoxy) is 2. The number of nitrogens with one attached hydrogen (secondary N) is 1. The first-order chi connectivity index (χ1) is 14.7. The average Bonchev–Trinajstić information content (AvgIpc) is 3.50. The Kier molecular flexibility index (Phi) is 6.11. The van der Waals surface area contributed by atoms with Crippen LogP contribution < -0.4 is 14.8 Å². The Labute approximate surface area is 183 Å². The molecule has 0 saturated heterocycles. The lowest BCUT2D eigenvalue weighted by molar-refractivity contribution is 0.0939. The Morgan fingerprint density at radius 1 is 0.967 bits per heavy atom. The number of thiazole rings is 1. The molecule has 0 fully saturated rings. The molecular weight excluding hydrogens is 416 g/mol. The topological polar surface area (TPSA) is 60.5 Å². The van der Waals surface area contributed by atoms with Crippen molar-refractivity contribution >= 4 is 28.6 Å². The van der Waals surface area contributed by atoms with Crippen molar-refractivity contribution in [3.63, 3.8) is 0 Å². The van der Waals surface area contributed by atoms with Gasteiger partial charge in [0.25, 0.3) is 5.91 Å². The van der Waals surface area contributed by atoms with Crippen LogP contribution in [0, 0.1) is 0 Å². The summed E-state index contributed by atoms with van der Waals surface area (Å²) in [7, 11) is 3.19. The van der Waals surface area contributed by atoms with E-state index in [1.807, 2.05) is 66.0 Å². The molecular formula is C23H20N2O3S2. The summed E-state index contributed by atoms with van der Waals surface area (Å²) in [5.41, 5.74) is 2.19. The summed E-state index contributed by atoms with van der Waals surface area (Å²) in [6, 6.07) is 19.3. The number of methoxy groups -OCH3 is 2. The second kappa shape index (κ2) is 9.11. The van der Waals surface area contributed by atoms with Gasteiger partial charge >= 0.3 is 0 Å². The van der Waals surface area contributed by atoms with Crippen LogP contribution in [0.15, 0.2) is 71.4 Å². The summed E-state index contributed by atoms with van der Waals surface area (Å²) in [6.07, 6.45) is 0. The summed E-state index contributed by atoms with van der Waals surface area (Å²) in [6.45, 7) is 0. The van der Waals surface area contributed by atoms with Gasteiger partial charge in [0.15, 0.2) is 11.5 Å². The van der Waals surface area contributed by atoms with Gasteiger partial charge in [-0.1, -0.05) is 42.5 Å². The van der Waals surface area contributed by atoms with Gasteiger partial charge in [0.1, 0.15) is 10.7 Å². The van der Waals surface area contributed by atoms with Crippen molar-refractivity contribution in [2.75, 3.05) is 14.2 Å². The lowest BCUT2D eigenvalue weighted by atomic mass is 10.1. The van der Waals surface area contributed by atoms with E-state index < -0.39 is 0 Å². The summed E-state index contributed by atoms with van der Waals surface area (Å²) >= 11 is 3.01. The Morgan fingerprint density at radius 2 is 1.80 bits per heavy atom. The number of thiophene rings is 1. The number of hydrogen-bond acceptors (Lipinski definition) is 6. The predicted molar refractivity (Wildman–Crippen MR) is 121 cm³/mol. The van der Waals surface area contributed by atoms with Crippen LogP contribution in [0.3, 0.4) is 0 Å². The number of amides is 1. The molecule has 0 unspecified atom stereocenters. The lowest BCUT2D eigenvalue weighted by Crippen LogP contribution is -2.29. The van der Waals surface area contributed by atoms with E-state index in [9.17, 15) is 4.79 Å². The van der Waals surface area contributed by atoms with Gasteiger partial charge in [-0.3, -0.25) is 4.79 Å². The fraction of sp³-hybridized carbons (Fsp3) is 0.130. The van der Waals surface area contributed by atoms with E-state index in [2.05, 4.69) is 10.3 Å². The van der Waals surface area contributed by atoms with Crippen LogP contribution >= 0.6 is 22.7 Å². The molecule has 1 amide bonds. The molecule has 2 aromatic heterocycles. The van der Waals surface area contributed by atoms with Gasteiger partial charge in [0.05, 0.1) is 25.8 Å². The first-order valence-electron chi connectivity index (χ1n) is 9.27. The van der Waals surface area contributed by atoms with Gasteiger partial charge in [0.2, 0.25) is 0 Å². The monoisotopic (exact) mass is 436 g/mol. The van der Waals surface area contributed by atoms with Gasteiger partial charge in [0, 0.05) is 10.3 Å². The van der Waals surface area contributed by atoms with Gasteiger partial charge in [-0.15, -0.1) is 22.7 Å². The van der Waals surface area contributed by atoms with Gasteiger partial charge in [-0.05, 0) is 29.1 Å². The molecule has 0 bridgehead atoms. The van der Waals surface area contributed by atoms with Crippen LogP contribution in [0.4, 0.5) is 0 Å². The van der Waals surface area contributed by atoms with E-state index in [0.29, 0.717) is 22.2 Å². The standard InChI is InChI=1S/C23H20N2O3S2/c1-27-18-11-6-10-16(21(18)28-2)23-24-17(14-30-23)22(26)25-20(19-12-7-13-29-19)15-8-4-3-5-9-15/h3-14,20H,1-2H3,(H,25,26)/t20-/m0/s1. The van der Waals surface area contributed by atoms with Crippen molar-refractivity contribution in [1.82, 2.24) is 10.3 Å². The van der Waals surface area contributed by atoms with E-state index >= 15 is 0 Å². The molecule has 1 N–H and O–H groups in total. The van der Waals surface area contributed by atoms with Crippen LogP contribution in [0.1, 0.15) is 27.0 Å². The molecule has 30 heavy (non-hydrogen) atoms. The highest BCUT2D eigenvalue weighted by molar-refractivity contribution is 7.13. The molecule has 2 aromatic carbocycles. The highest BCUT2D eigenvalue weighted by Crippen LogP contribution is 2.39. The van der Waals surface area contributed by atoms with Crippen LogP contribution in [0.5, 0.6) is 11.5 Å². The van der Waals surface area contributed by atoms with E-state index in [0.717, 1.165) is 16.0 Å². The van der Waals surface area contributed by atoms with E-state index in [4.69, 9.17) is 9.47 Å². The molecule has 7 heteroatoms. The van der Waals surface area contributed by atoms with Crippen molar-refractivity contribution in [1.29, 1.82) is 0 Å². The zero-order valence-corrected chi connectivity index (χ0v) is 18.1. The minimum Gasteiger partial charge on any atom is -0.493 e. The first-order valence-corrected chi connectivity index (χ1v) is 11.0. The predicted octanol–water partition coefficient (Wildman–Crippen LogP) is 5.41. The zero-order valence-electron chi connectivity index (χ0n) is 16.5. The quantitative estimate of drug-likeness (QED) is 0.421. The Balaban J connectivity index is 1.61. The number of rotatable bonds is 7. The van der Waals surface area contributed by atoms with E-state index in [-0.39, 0.29) is 11.9 Å². The van der Waals surface area contributed by atoms with Crippen molar-refractivity contribution in [2.45, 2.75) is 6.04 Å². The molecule has 4 aromatic rings. The molecule has 152 valence electrons. The van der Waals surface area contributed by atoms with Crippen molar-refractivity contribution < 1.29 is 14.3 Å². The first kappa shape index (κ1) is 20.1. The minimum atomic E-state index is -0.227. The molecule has 0 aliphatic rings. The average molecular weight is 437 g/mol. The van der Waals surface area contributed by atoms with Crippen LogP contribution in [0.2, 0.25) is 0 Å². The Morgan fingerprint density at radius 3 is 2.50 bits per heavy atom. The van der Waals surface area contributed by atoms with Crippen LogP contribution in [-0.2, 0) is 0 Å². The molecule has 0 spiro atoms. The maximum Gasteiger partial charge on any atom is 0.271 e. The maximum atomic E-state index is 13.0. The number of carbonyl (C=O) groups is 1. The smallest absolute Gasteiger partial charge is 0.271 e. The lowest BCUT2D eigenvalue weighted by Gasteiger charge is -2.17. The highest BCUT2D eigenvalue weighted by atomic mass is 32.1. The van der Waals surface area contributed by atoms with E-state index in [1.54, 1.807) is 30.9 Å². The van der Waals surface area contributed by atoms with Crippen molar-refractivity contribution in [3.05, 3.63) is 87.6 Å². The molecule has 0 radical (unpaired) electrons. The maximum absolute atomic E-state index is 13.0. The normalized spacial score (nSPS) is 11.7. The highest BCUT2D eigenvalue weighted by Gasteiger charge is 2.21. The fourth-order valence-electron chi connectivity index (χ4n) is 3.18. The number of carbonyl (C=O) groups excluding carboxylic acids is 1. The molecule has 4 rings (SSSR count). The Bertz CT molecular complexity index is 1120. The Hall–Kier alpha value is -3.16. The van der Waals surface area contributed by atoms with Crippen LogP contribution in [-0.4, -0.2) is 25.1 Å². The number of nitrogens with zero attached hydrogens (tertiary/aromatic N) is 1. The third-order valence-electron chi connectivity index (χ3n) is 4.61. The minimum absolute atomic E-state index is 0.221. The molecule has 0 saturated carbocycles. The van der Waals surface area contributed by atoms with Crippen LogP contribution in [0.25, 0.3) is 10.6 Å². The molecule has 1 atom stereocenters. The summed E-state index contributed by atoms with van der Waals surface area (Å²) in [4.78, 5) is 18.7. The largest absolute Gasteiger partial charge is 0.493 e. The molecule has 2 heterocycles. The third-order valence-corrected chi connectivity index (χ3v) is 6.42. The second-order valence-corrected chi connectivity index (χ2v) is 8.25. The van der Waals surface area contributed by atoms with Crippen molar-refractivity contribution in [2.24, 2.45) is 0 Å². The third kappa shape index (κ3) is 4.08. The summed E-state index contributed by atoms with van der Waals surface area (Å²) < 4.78 is 10.9. The number of benzene rings is 2. The molecule has 0 aliphatic heterocycles. The molecule has 5 nitrogen and oxygen atoms in total. The van der Waals surface area contributed by atoms with E-state index in [1.165, 1.54) is 11.3 Å². The number of hydrogen-bond donors (Lipinski definition) is 1. The number of aromatic nitrogens is 1. The summed E-state index contributed by atoms with van der Waals surface area (Å²) in [5, 5.41) is 7.60. The fourth-order valence-corrected chi connectivity index (χ4v) is 4.81. The molecule has 0 aliphatic carbocycles. The second-order valence-electron chi connectivity index (χ2n) is 6.41.